The van der Waals surface area contributed by atoms with E-state index >= 15 is 0 Å². The highest BCUT2D eigenvalue weighted by molar-refractivity contribution is 7.43. The summed E-state index contributed by atoms with van der Waals surface area (Å²) in [4.78, 5) is 9.89. The maximum atomic E-state index is 10.4. The second-order valence-electron chi connectivity index (χ2n) is 1.85. The van der Waals surface area contributed by atoms with Crippen LogP contribution in [0.1, 0.15) is 12.8 Å². The Kier molecular flexibility index (Phi) is 4.24. The first-order valence-electron chi connectivity index (χ1n) is 2.73. The van der Waals surface area contributed by atoms with E-state index in [1.165, 1.54) is 0 Å². The third-order valence-electron chi connectivity index (χ3n) is 0.864. The largest absolute Gasteiger partial charge is 0.481 e. The standard InChI is InChI=1S/C5H9O3P/c1-9(8)4-2-3-5(6)7/h2-4H2,1H3/p+1. The van der Waals surface area contributed by atoms with Crippen LogP contribution >= 0.6 is 7.80 Å². The van der Waals surface area contributed by atoms with E-state index in [4.69, 9.17) is 5.11 Å². The van der Waals surface area contributed by atoms with Gasteiger partial charge in [0, 0.05) is 12.8 Å². The van der Waals surface area contributed by atoms with Crippen LogP contribution in [-0.4, -0.2) is 23.9 Å². The fraction of sp³-hybridized carbons (Fsp3) is 0.800. The quantitative estimate of drug-likeness (QED) is 0.613. The lowest BCUT2D eigenvalue weighted by Crippen LogP contribution is -1.94. The molecule has 0 radical (unpaired) electrons. The molecule has 0 aliphatic carbocycles. The van der Waals surface area contributed by atoms with E-state index in [2.05, 4.69) is 0 Å². The third kappa shape index (κ3) is 7.57. The Morgan fingerprint density at radius 2 is 2.22 bits per heavy atom. The Morgan fingerprint density at radius 3 is 2.56 bits per heavy atom. The molecule has 4 heteroatoms. The zero-order chi connectivity index (χ0) is 7.28. The molecule has 52 valence electrons. The van der Waals surface area contributed by atoms with Gasteiger partial charge in [-0.1, -0.05) is 4.57 Å². The van der Waals surface area contributed by atoms with Crippen LogP contribution in [0.3, 0.4) is 0 Å². The fourth-order valence-corrected chi connectivity index (χ4v) is 1.06. The van der Waals surface area contributed by atoms with Gasteiger partial charge in [-0.3, -0.25) is 4.79 Å². The van der Waals surface area contributed by atoms with Crippen molar-refractivity contribution in [2.75, 3.05) is 12.8 Å². The van der Waals surface area contributed by atoms with Crippen LogP contribution in [-0.2, 0) is 9.36 Å². The molecule has 0 amide bonds. The molecule has 0 aliphatic rings. The fourth-order valence-electron chi connectivity index (χ4n) is 0.453. The Balaban J connectivity index is 3.10. The van der Waals surface area contributed by atoms with Gasteiger partial charge < -0.3 is 5.11 Å². The Bertz CT molecular complexity index is 107. The minimum absolute atomic E-state index is 0.134. The van der Waals surface area contributed by atoms with Gasteiger partial charge in [-0.25, -0.2) is 0 Å². The van der Waals surface area contributed by atoms with E-state index < -0.39 is 13.8 Å². The molecule has 0 aromatic carbocycles. The van der Waals surface area contributed by atoms with Gasteiger partial charge in [0.2, 0.25) is 0 Å². The van der Waals surface area contributed by atoms with Crippen LogP contribution < -0.4 is 0 Å². The Hall–Kier alpha value is -0.430. The van der Waals surface area contributed by atoms with Gasteiger partial charge in [0.15, 0.2) is 0 Å². The molecule has 1 unspecified atom stereocenters. The van der Waals surface area contributed by atoms with Crippen molar-refractivity contribution in [1.82, 2.24) is 0 Å². The van der Waals surface area contributed by atoms with Crippen molar-refractivity contribution in [3.63, 3.8) is 0 Å². The second kappa shape index (κ2) is 4.45. The predicted octanol–water partition coefficient (Wildman–Crippen LogP) is 1.31. The third-order valence-corrected chi connectivity index (χ3v) is 1.81. The number of hydrogen-bond acceptors (Lipinski definition) is 2. The summed E-state index contributed by atoms with van der Waals surface area (Å²) in [6.45, 7) is 1.61. The molecule has 0 saturated carbocycles. The number of hydrogen-bond donors (Lipinski definition) is 1. The lowest BCUT2D eigenvalue weighted by atomic mass is 10.3. The topological polar surface area (TPSA) is 54.4 Å². The van der Waals surface area contributed by atoms with Crippen LogP contribution in [0.2, 0.25) is 0 Å². The molecule has 3 nitrogen and oxygen atoms in total. The molecule has 0 rings (SSSR count). The van der Waals surface area contributed by atoms with Gasteiger partial charge in [0.05, 0.1) is 0 Å². The van der Waals surface area contributed by atoms with Gasteiger partial charge in [0.25, 0.3) is 0 Å². The summed E-state index contributed by atoms with van der Waals surface area (Å²) in [5.74, 6) is -0.813. The van der Waals surface area contributed by atoms with Gasteiger partial charge in [-0.15, -0.1) is 0 Å². The van der Waals surface area contributed by atoms with Gasteiger partial charge >= 0.3 is 13.8 Å². The summed E-state index contributed by atoms with van der Waals surface area (Å²) in [6.07, 6.45) is 1.19. The lowest BCUT2D eigenvalue weighted by molar-refractivity contribution is -0.137. The van der Waals surface area contributed by atoms with E-state index in [0.717, 1.165) is 0 Å². The van der Waals surface area contributed by atoms with E-state index in [1.54, 1.807) is 6.66 Å². The molecule has 0 aromatic heterocycles. The van der Waals surface area contributed by atoms with Crippen molar-refractivity contribution in [1.29, 1.82) is 0 Å². The van der Waals surface area contributed by atoms with Crippen molar-refractivity contribution >= 4 is 13.8 Å². The zero-order valence-electron chi connectivity index (χ0n) is 5.33. The average molecular weight is 149 g/mol. The molecular formula is C5H10O3P+. The molecule has 1 atom stereocenters. The number of aliphatic carboxylic acids is 1. The number of carbonyl (C=O) groups is 1. The first-order chi connectivity index (χ1) is 4.13. The van der Waals surface area contributed by atoms with Crippen LogP contribution in [0.25, 0.3) is 0 Å². The summed E-state index contributed by atoms with van der Waals surface area (Å²) in [5.41, 5.74) is 0. The van der Waals surface area contributed by atoms with E-state index in [-0.39, 0.29) is 6.42 Å². The molecule has 0 aromatic rings. The minimum atomic E-state index is -1.14. The van der Waals surface area contributed by atoms with Crippen molar-refractivity contribution in [3.05, 3.63) is 0 Å². The zero-order valence-corrected chi connectivity index (χ0v) is 6.23. The molecule has 0 saturated heterocycles. The summed E-state index contributed by atoms with van der Waals surface area (Å²) in [6, 6.07) is 0. The molecule has 0 bridgehead atoms. The molecule has 0 spiro atoms. The van der Waals surface area contributed by atoms with E-state index in [0.29, 0.717) is 12.6 Å². The van der Waals surface area contributed by atoms with E-state index in [1.807, 2.05) is 0 Å². The minimum Gasteiger partial charge on any atom is -0.481 e. The summed E-state index contributed by atoms with van der Waals surface area (Å²) in [5, 5.41) is 8.13. The van der Waals surface area contributed by atoms with E-state index in [9.17, 15) is 9.36 Å². The Morgan fingerprint density at radius 1 is 1.67 bits per heavy atom. The smallest absolute Gasteiger partial charge is 0.335 e. The number of rotatable bonds is 4. The monoisotopic (exact) mass is 149 g/mol. The van der Waals surface area contributed by atoms with Gasteiger partial charge in [0.1, 0.15) is 12.8 Å². The summed E-state index contributed by atoms with van der Waals surface area (Å²) < 4.78 is 10.4. The van der Waals surface area contributed by atoms with Crippen molar-refractivity contribution in [3.8, 4) is 0 Å². The maximum Gasteiger partial charge on any atom is 0.335 e. The molecule has 0 aliphatic heterocycles. The first-order valence-corrected chi connectivity index (χ1v) is 4.62. The normalized spacial score (nSPS) is 11.0. The highest BCUT2D eigenvalue weighted by atomic mass is 31.1. The molecule has 9 heavy (non-hydrogen) atoms. The van der Waals surface area contributed by atoms with Crippen molar-refractivity contribution in [2.24, 2.45) is 0 Å². The summed E-state index contributed by atoms with van der Waals surface area (Å²) >= 11 is 0. The molecule has 1 N–H and O–H groups in total. The number of carboxylic acids is 1. The molecule has 0 fully saturated rings. The highest BCUT2D eigenvalue weighted by Crippen LogP contribution is 2.15. The van der Waals surface area contributed by atoms with Crippen molar-refractivity contribution < 1.29 is 14.5 Å². The first kappa shape index (κ1) is 8.57. The molecular weight excluding hydrogens is 139 g/mol. The molecule has 0 heterocycles. The van der Waals surface area contributed by atoms with Crippen LogP contribution in [0.4, 0.5) is 0 Å². The SMILES string of the molecule is C[P+](=O)CCCC(=O)O. The predicted molar refractivity (Wildman–Crippen MR) is 35.3 cm³/mol. The van der Waals surface area contributed by atoms with Crippen LogP contribution in [0.5, 0.6) is 0 Å². The highest BCUT2D eigenvalue weighted by Gasteiger charge is 2.06. The van der Waals surface area contributed by atoms with Gasteiger partial charge in [-0.2, -0.15) is 0 Å². The lowest BCUT2D eigenvalue weighted by Gasteiger charge is -1.83. The van der Waals surface area contributed by atoms with Gasteiger partial charge in [-0.05, 0) is 0 Å². The maximum absolute atomic E-state index is 10.4. The van der Waals surface area contributed by atoms with Crippen molar-refractivity contribution in [2.45, 2.75) is 12.8 Å². The summed E-state index contributed by atoms with van der Waals surface area (Å²) in [7, 11) is -1.14. The second-order valence-corrected chi connectivity index (χ2v) is 3.55. The van der Waals surface area contributed by atoms with Crippen LogP contribution in [0, 0.1) is 0 Å². The average Bonchev–Trinajstić information content (AvgIpc) is 1.63. The Labute approximate surface area is 54.9 Å². The number of carboxylic acid groups (broad SMARTS) is 1. The van der Waals surface area contributed by atoms with Crippen LogP contribution in [0.15, 0.2) is 0 Å².